The Hall–Kier alpha value is -1.15. The number of rotatable bonds is 4. The van der Waals surface area contributed by atoms with E-state index in [-0.39, 0.29) is 0 Å². The van der Waals surface area contributed by atoms with Crippen molar-refractivity contribution >= 4 is 11.3 Å². The summed E-state index contributed by atoms with van der Waals surface area (Å²) in [4.78, 5) is 5.59. The third kappa shape index (κ3) is 2.75. The fraction of sp³-hybridized carbons (Fsp3) is 0.400. The monoisotopic (exact) mass is 245 g/mol. The molecule has 0 saturated carbocycles. The Bertz CT molecular complexity index is 470. The van der Waals surface area contributed by atoms with E-state index in [9.17, 15) is 0 Å². The molecule has 1 unspecified atom stereocenters. The Morgan fingerprint density at radius 3 is 2.47 bits per heavy atom. The second-order valence-electron chi connectivity index (χ2n) is 4.58. The van der Waals surface area contributed by atoms with E-state index in [0.29, 0.717) is 5.92 Å². The van der Waals surface area contributed by atoms with Gasteiger partial charge in [0.1, 0.15) is 0 Å². The largest absolute Gasteiger partial charge is 0.249 e. The van der Waals surface area contributed by atoms with Gasteiger partial charge in [-0.05, 0) is 30.4 Å². The number of thiazole rings is 1. The molecule has 1 heterocycles. The summed E-state index contributed by atoms with van der Waals surface area (Å²) in [6.07, 6.45) is 2.51. The summed E-state index contributed by atoms with van der Waals surface area (Å²) in [6.45, 7) is 6.61. The average Bonchev–Trinajstić information content (AvgIpc) is 2.76. The van der Waals surface area contributed by atoms with Gasteiger partial charge in [0, 0.05) is 0 Å². The molecule has 1 nitrogen and oxygen atoms in total. The molecule has 2 heteroatoms. The summed E-state index contributed by atoms with van der Waals surface area (Å²) >= 11 is 1.72. The van der Waals surface area contributed by atoms with Gasteiger partial charge < -0.3 is 0 Å². The van der Waals surface area contributed by atoms with Crippen LogP contribution in [0.25, 0.3) is 10.4 Å². The second-order valence-corrected chi connectivity index (χ2v) is 5.43. The first-order chi connectivity index (χ1) is 8.22. The number of benzene rings is 1. The summed E-state index contributed by atoms with van der Waals surface area (Å²) in [7, 11) is 0. The normalized spacial score (nSPS) is 12.6. The average molecular weight is 245 g/mol. The highest BCUT2D eigenvalue weighted by Gasteiger charge is 2.07. The molecular formula is C15H19NS. The molecule has 0 bridgehead atoms. The molecule has 2 aromatic rings. The van der Waals surface area contributed by atoms with Gasteiger partial charge in [0.05, 0.1) is 16.1 Å². The number of aryl methyl sites for hydroxylation is 1. The zero-order valence-electron chi connectivity index (χ0n) is 10.7. The third-order valence-electron chi connectivity index (χ3n) is 3.21. The van der Waals surface area contributed by atoms with E-state index in [4.69, 9.17) is 0 Å². The minimum absolute atomic E-state index is 0.664. The van der Waals surface area contributed by atoms with Crippen LogP contribution in [-0.4, -0.2) is 4.98 Å². The quantitative estimate of drug-likeness (QED) is 0.737. The standard InChI is InChI=1S/C15H19NS/c1-4-5-11(2)13-6-8-14(9-7-13)15-12(3)16-10-17-15/h6-11H,4-5H2,1-3H3. The first kappa shape index (κ1) is 12.3. The highest BCUT2D eigenvalue weighted by atomic mass is 32.1. The Morgan fingerprint density at radius 1 is 1.24 bits per heavy atom. The molecule has 2 rings (SSSR count). The second kappa shape index (κ2) is 5.46. The Kier molecular flexibility index (Phi) is 3.95. The van der Waals surface area contributed by atoms with Crippen LogP contribution in [0, 0.1) is 6.92 Å². The molecule has 0 fully saturated rings. The summed E-state index contributed by atoms with van der Waals surface area (Å²) in [5.41, 5.74) is 5.78. The fourth-order valence-electron chi connectivity index (χ4n) is 2.14. The molecule has 1 aromatic heterocycles. The lowest BCUT2D eigenvalue weighted by Gasteiger charge is -2.10. The van der Waals surface area contributed by atoms with E-state index in [2.05, 4.69) is 50.0 Å². The summed E-state index contributed by atoms with van der Waals surface area (Å²) < 4.78 is 0. The van der Waals surface area contributed by atoms with E-state index in [1.165, 1.54) is 28.8 Å². The van der Waals surface area contributed by atoms with Crippen LogP contribution in [0.3, 0.4) is 0 Å². The van der Waals surface area contributed by atoms with Gasteiger partial charge in [0.25, 0.3) is 0 Å². The van der Waals surface area contributed by atoms with Crippen molar-refractivity contribution in [3.8, 4) is 10.4 Å². The highest BCUT2D eigenvalue weighted by Crippen LogP contribution is 2.29. The van der Waals surface area contributed by atoms with Crippen LogP contribution in [0.2, 0.25) is 0 Å². The molecule has 1 aromatic carbocycles. The van der Waals surface area contributed by atoms with E-state index < -0.39 is 0 Å². The summed E-state index contributed by atoms with van der Waals surface area (Å²) in [5.74, 6) is 0.664. The van der Waals surface area contributed by atoms with Crippen LogP contribution in [-0.2, 0) is 0 Å². The SMILES string of the molecule is CCCC(C)c1ccc(-c2scnc2C)cc1. The summed E-state index contributed by atoms with van der Waals surface area (Å²) in [6, 6.07) is 8.97. The van der Waals surface area contributed by atoms with Gasteiger partial charge in [-0.15, -0.1) is 11.3 Å². The van der Waals surface area contributed by atoms with E-state index in [1.54, 1.807) is 11.3 Å². The van der Waals surface area contributed by atoms with Crippen molar-refractivity contribution in [2.75, 3.05) is 0 Å². The fourth-order valence-corrected chi connectivity index (χ4v) is 2.95. The van der Waals surface area contributed by atoms with Crippen LogP contribution in [0.5, 0.6) is 0 Å². The van der Waals surface area contributed by atoms with E-state index >= 15 is 0 Å². The molecule has 0 amide bonds. The predicted octanol–water partition coefficient (Wildman–Crippen LogP) is 5.02. The maximum Gasteiger partial charge on any atom is 0.0801 e. The molecule has 0 saturated heterocycles. The minimum atomic E-state index is 0.664. The van der Waals surface area contributed by atoms with Crippen LogP contribution in [0.4, 0.5) is 0 Å². The molecule has 0 aliphatic heterocycles. The van der Waals surface area contributed by atoms with Gasteiger partial charge in [0.2, 0.25) is 0 Å². The molecule has 0 aliphatic rings. The predicted molar refractivity (Wildman–Crippen MR) is 75.6 cm³/mol. The molecule has 17 heavy (non-hydrogen) atoms. The van der Waals surface area contributed by atoms with Crippen molar-refractivity contribution in [2.45, 2.75) is 39.5 Å². The van der Waals surface area contributed by atoms with Crippen LogP contribution < -0.4 is 0 Å². The van der Waals surface area contributed by atoms with Crippen LogP contribution >= 0.6 is 11.3 Å². The van der Waals surface area contributed by atoms with Gasteiger partial charge in [-0.1, -0.05) is 44.5 Å². The maximum absolute atomic E-state index is 4.30. The molecule has 0 N–H and O–H groups in total. The molecule has 90 valence electrons. The summed E-state index contributed by atoms with van der Waals surface area (Å²) in [5, 5.41) is 0. The van der Waals surface area contributed by atoms with Gasteiger partial charge in [-0.2, -0.15) is 0 Å². The lowest BCUT2D eigenvalue weighted by molar-refractivity contribution is 0.665. The van der Waals surface area contributed by atoms with Gasteiger partial charge in [-0.3, -0.25) is 0 Å². The Labute approximate surface area is 108 Å². The van der Waals surface area contributed by atoms with Crippen molar-refractivity contribution in [1.82, 2.24) is 4.98 Å². The van der Waals surface area contributed by atoms with Crippen molar-refractivity contribution in [2.24, 2.45) is 0 Å². The number of nitrogens with zero attached hydrogens (tertiary/aromatic N) is 1. The number of hydrogen-bond donors (Lipinski definition) is 0. The van der Waals surface area contributed by atoms with Crippen molar-refractivity contribution < 1.29 is 0 Å². The first-order valence-corrected chi connectivity index (χ1v) is 7.10. The zero-order chi connectivity index (χ0) is 12.3. The topological polar surface area (TPSA) is 12.9 Å². The molecule has 1 atom stereocenters. The van der Waals surface area contributed by atoms with Gasteiger partial charge in [0.15, 0.2) is 0 Å². The van der Waals surface area contributed by atoms with Gasteiger partial charge in [-0.25, -0.2) is 4.98 Å². The highest BCUT2D eigenvalue weighted by molar-refractivity contribution is 7.13. The Morgan fingerprint density at radius 2 is 1.94 bits per heavy atom. The van der Waals surface area contributed by atoms with Crippen LogP contribution in [0.1, 0.15) is 43.9 Å². The number of aromatic nitrogens is 1. The lowest BCUT2D eigenvalue weighted by atomic mass is 9.95. The smallest absolute Gasteiger partial charge is 0.0801 e. The molecular weight excluding hydrogens is 226 g/mol. The third-order valence-corrected chi connectivity index (χ3v) is 4.19. The minimum Gasteiger partial charge on any atom is -0.249 e. The van der Waals surface area contributed by atoms with Crippen molar-refractivity contribution in [3.05, 3.63) is 41.0 Å². The van der Waals surface area contributed by atoms with Crippen molar-refractivity contribution in [1.29, 1.82) is 0 Å². The maximum atomic E-state index is 4.30. The molecule has 0 spiro atoms. The van der Waals surface area contributed by atoms with Crippen LogP contribution in [0.15, 0.2) is 29.8 Å². The van der Waals surface area contributed by atoms with E-state index in [0.717, 1.165) is 5.69 Å². The molecule has 0 radical (unpaired) electrons. The zero-order valence-corrected chi connectivity index (χ0v) is 11.6. The van der Waals surface area contributed by atoms with Gasteiger partial charge >= 0.3 is 0 Å². The molecule has 0 aliphatic carbocycles. The first-order valence-electron chi connectivity index (χ1n) is 6.22. The lowest BCUT2D eigenvalue weighted by Crippen LogP contribution is -1.92. The van der Waals surface area contributed by atoms with E-state index in [1.807, 2.05) is 5.51 Å². The Balaban J connectivity index is 2.21. The number of hydrogen-bond acceptors (Lipinski definition) is 2. The van der Waals surface area contributed by atoms with Crippen molar-refractivity contribution in [3.63, 3.8) is 0 Å².